The molecule has 0 aliphatic rings. The number of nitrogens with one attached hydrogen (secondary N) is 1. The lowest BCUT2D eigenvalue weighted by atomic mass is 10.1. The van der Waals surface area contributed by atoms with Gasteiger partial charge in [0, 0.05) is 17.1 Å². The fourth-order valence-electron chi connectivity index (χ4n) is 2.21. The van der Waals surface area contributed by atoms with Crippen LogP contribution in [0.1, 0.15) is 0 Å². The first-order chi connectivity index (χ1) is 9.49. The third-order valence-electron chi connectivity index (χ3n) is 3.13. The number of nitrogen functional groups attached to an aromatic ring is 1. The molecule has 7 heteroatoms. The molecule has 0 saturated carbocycles. The summed E-state index contributed by atoms with van der Waals surface area (Å²) in [5.41, 5.74) is 5.40. The lowest BCUT2D eigenvalue weighted by Crippen LogP contribution is -2.08. The van der Waals surface area contributed by atoms with Crippen LogP contribution in [-0.2, 0) is 0 Å². The minimum absolute atomic E-state index is 0.00250. The molecule has 0 amide bonds. The van der Waals surface area contributed by atoms with Gasteiger partial charge in [0.25, 0.3) is 5.69 Å². The number of aromatic amines is 1. The number of aromatic nitrogens is 1. The number of non-ortho nitro benzene ring substituents is 1. The molecular weight excluding hydrogens is 265 g/mol. The van der Waals surface area contributed by atoms with Crippen LogP contribution in [-0.4, -0.2) is 9.91 Å². The lowest BCUT2D eigenvalue weighted by Gasteiger charge is -2.05. The van der Waals surface area contributed by atoms with Gasteiger partial charge in [-0.25, -0.2) is 4.39 Å². The summed E-state index contributed by atoms with van der Waals surface area (Å²) in [5.74, 6) is -0.564. The van der Waals surface area contributed by atoms with Crippen molar-refractivity contribution in [2.24, 2.45) is 0 Å². The van der Waals surface area contributed by atoms with Crippen molar-refractivity contribution in [2.45, 2.75) is 0 Å². The maximum absolute atomic E-state index is 13.2. The van der Waals surface area contributed by atoms with Crippen molar-refractivity contribution in [1.82, 2.24) is 4.98 Å². The maximum Gasteiger partial charge on any atom is 0.293 e. The van der Waals surface area contributed by atoms with E-state index < -0.39 is 16.2 Å². The highest BCUT2D eigenvalue weighted by atomic mass is 19.1. The fourth-order valence-corrected chi connectivity index (χ4v) is 2.21. The molecule has 6 nitrogen and oxygen atoms in total. The Morgan fingerprint density at radius 1 is 1.25 bits per heavy atom. The minimum atomic E-state index is -0.604. The number of fused-ring (bicyclic) bond motifs is 2. The Balaban J connectivity index is 2.62. The van der Waals surface area contributed by atoms with Crippen LogP contribution in [0.3, 0.4) is 0 Å². The van der Waals surface area contributed by atoms with Crippen molar-refractivity contribution in [3.05, 3.63) is 56.5 Å². The van der Waals surface area contributed by atoms with E-state index >= 15 is 0 Å². The van der Waals surface area contributed by atoms with E-state index in [1.807, 2.05) is 0 Å². The summed E-state index contributed by atoms with van der Waals surface area (Å²) in [7, 11) is 0. The molecule has 0 saturated heterocycles. The minimum Gasteiger partial charge on any atom is -0.398 e. The Kier molecular flexibility index (Phi) is 2.43. The van der Waals surface area contributed by atoms with Gasteiger partial charge in [0.05, 0.1) is 15.8 Å². The fraction of sp³-hybridized carbons (Fsp3) is 0. The first-order valence-corrected chi connectivity index (χ1v) is 5.67. The first kappa shape index (κ1) is 12.1. The van der Waals surface area contributed by atoms with Crippen LogP contribution < -0.4 is 11.2 Å². The summed E-state index contributed by atoms with van der Waals surface area (Å²) in [5, 5.41) is 11.1. The number of pyridine rings is 1. The molecule has 0 bridgehead atoms. The maximum atomic E-state index is 13.2. The van der Waals surface area contributed by atoms with Crippen molar-refractivity contribution in [3.8, 4) is 0 Å². The highest BCUT2D eigenvalue weighted by Crippen LogP contribution is 2.28. The zero-order valence-electron chi connectivity index (χ0n) is 10.0. The molecule has 3 aromatic rings. The van der Waals surface area contributed by atoms with Gasteiger partial charge in [0.2, 0.25) is 0 Å². The van der Waals surface area contributed by atoms with Crippen LogP contribution in [0.2, 0.25) is 0 Å². The quantitative estimate of drug-likeness (QED) is 0.307. The molecule has 0 aliphatic heterocycles. The second-order valence-corrected chi connectivity index (χ2v) is 4.33. The Hall–Kier alpha value is -2.96. The Bertz CT molecular complexity index is 933. The predicted octanol–water partition coefficient (Wildman–Crippen LogP) is 2.31. The van der Waals surface area contributed by atoms with Gasteiger partial charge in [-0.15, -0.1) is 0 Å². The van der Waals surface area contributed by atoms with E-state index in [0.717, 1.165) is 6.07 Å². The second kappa shape index (κ2) is 4.02. The van der Waals surface area contributed by atoms with Crippen LogP contribution in [0, 0.1) is 15.9 Å². The van der Waals surface area contributed by atoms with Crippen molar-refractivity contribution < 1.29 is 9.31 Å². The van der Waals surface area contributed by atoms with Crippen LogP contribution in [0.25, 0.3) is 21.8 Å². The monoisotopic (exact) mass is 273 g/mol. The standard InChI is InChI=1S/C13H8FN3O3/c14-6-1-3-9-7(5-6)13(18)11-8(15)2-4-10(17(19)20)12(11)16-9/h1-5H,15H2,(H,16,18). The van der Waals surface area contributed by atoms with Crippen molar-refractivity contribution >= 4 is 33.2 Å². The molecule has 0 unspecified atom stereocenters. The molecule has 0 atom stereocenters. The van der Waals surface area contributed by atoms with Crippen LogP contribution in [0.5, 0.6) is 0 Å². The lowest BCUT2D eigenvalue weighted by molar-refractivity contribution is -0.383. The summed E-state index contributed by atoms with van der Waals surface area (Å²) < 4.78 is 13.2. The number of nitro groups is 1. The number of rotatable bonds is 1. The molecule has 0 spiro atoms. The van der Waals surface area contributed by atoms with Gasteiger partial charge >= 0.3 is 0 Å². The smallest absolute Gasteiger partial charge is 0.293 e. The molecular formula is C13H8FN3O3. The SMILES string of the molecule is Nc1ccc([N+](=O)[O-])c2[nH]c3ccc(F)cc3c(=O)c12. The van der Waals surface area contributed by atoms with Crippen LogP contribution in [0.15, 0.2) is 35.1 Å². The van der Waals surface area contributed by atoms with Gasteiger partial charge in [-0.05, 0) is 24.3 Å². The summed E-state index contributed by atoms with van der Waals surface area (Å²) in [6.45, 7) is 0. The average Bonchev–Trinajstić information content (AvgIpc) is 2.39. The molecule has 0 fully saturated rings. The summed E-state index contributed by atoms with van der Waals surface area (Å²) in [6, 6.07) is 6.12. The number of hydrogen-bond acceptors (Lipinski definition) is 4. The normalized spacial score (nSPS) is 11.1. The molecule has 20 heavy (non-hydrogen) atoms. The van der Waals surface area contributed by atoms with Gasteiger partial charge in [0.15, 0.2) is 5.43 Å². The third-order valence-corrected chi connectivity index (χ3v) is 3.13. The van der Waals surface area contributed by atoms with E-state index in [-0.39, 0.29) is 27.7 Å². The Morgan fingerprint density at radius 2 is 2.00 bits per heavy atom. The first-order valence-electron chi connectivity index (χ1n) is 5.67. The van der Waals surface area contributed by atoms with Gasteiger partial charge in [-0.1, -0.05) is 0 Å². The highest BCUT2D eigenvalue weighted by molar-refractivity contribution is 6.02. The molecule has 0 radical (unpaired) electrons. The van der Waals surface area contributed by atoms with E-state index in [2.05, 4.69) is 4.98 Å². The van der Waals surface area contributed by atoms with E-state index in [0.29, 0.717) is 5.52 Å². The number of nitro benzene ring substituents is 1. The second-order valence-electron chi connectivity index (χ2n) is 4.33. The van der Waals surface area contributed by atoms with Crippen molar-refractivity contribution in [3.63, 3.8) is 0 Å². The number of hydrogen-bond donors (Lipinski definition) is 2. The Labute approximate surface area is 110 Å². The van der Waals surface area contributed by atoms with Gasteiger partial charge < -0.3 is 10.7 Å². The van der Waals surface area contributed by atoms with Crippen molar-refractivity contribution in [1.29, 1.82) is 0 Å². The predicted molar refractivity (Wildman–Crippen MR) is 73.1 cm³/mol. The zero-order valence-corrected chi connectivity index (χ0v) is 10.0. The average molecular weight is 273 g/mol. The molecule has 100 valence electrons. The van der Waals surface area contributed by atoms with Gasteiger partial charge in [0.1, 0.15) is 11.3 Å². The summed E-state index contributed by atoms with van der Waals surface area (Å²) in [6.07, 6.45) is 0. The van der Waals surface area contributed by atoms with Crippen LogP contribution >= 0.6 is 0 Å². The number of anilines is 1. The van der Waals surface area contributed by atoms with Gasteiger partial charge in [-0.3, -0.25) is 14.9 Å². The van der Waals surface area contributed by atoms with Gasteiger partial charge in [-0.2, -0.15) is 0 Å². The largest absolute Gasteiger partial charge is 0.398 e. The molecule has 0 aliphatic carbocycles. The summed E-state index contributed by atoms with van der Waals surface area (Å²) in [4.78, 5) is 25.5. The van der Waals surface area contributed by atoms with E-state index in [1.54, 1.807) is 0 Å². The third kappa shape index (κ3) is 1.60. The van der Waals surface area contributed by atoms with Crippen molar-refractivity contribution in [2.75, 3.05) is 5.73 Å². The molecule has 3 rings (SSSR count). The molecule has 3 N–H and O–H groups in total. The van der Waals surface area contributed by atoms with Crippen LogP contribution in [0.4, 0.5) is 15.8 Å². The van der Waals surface area contributed by atoms with E-state index in [9.17, 15) is 19.3 Å². The number of nitrogens with two attached hydrogens (primary N) is 1. The van der Waals surface area contributed by atoms with E-state index in [4.69, 9.17) is 5.73 Å². The molecule has 2 aromatic carbocycles. The number of halogens is 1. The summed E-state index contributed by atoms with van der Waals surface area (Å²) >= 11 is 0. The van der Waals surface area contributed by atoms with E-state index in [1.165, 1.54) is 24.3 Å². The number of nitrogens with zero attached hydrogens (tertiary/aromatic N) is 1. The topological polar surface area (TPSA) is 102 Å². The molecule has 1 heterocycles. The zero-order chi connectivity index (χ0) is 14.4. The number of benzene rings is 2. The number of H-pyrrole nitrogens is 1. The highest BCUT2D eigenvalue weighted by Gasteiger charge is 2.18. The Morgan fingerprint density at radius 3 is 2.70 bits per heavy atom. The molecule has 1 aromatic heterocycles.